The van der Waals surface area contributed by atoms with Gasteiger partial charge in [0.2, 0.25) is 10.0 Å². The first-order chi connectivity index (χ1) is 8.43. The summed E-state index contributed by atoms with van der Waals surface area (Å²) in [6.45, 7) is 4.39. The van der Waals surface area contributed by atoms with Crippen molar-refractivity contribution in [2.75, 3.05) is 6.54 Å². The third kappa shape index (κ3) is 2.92. The molecule has 102 valence electrons. The Labute approximate surface area is 108 Å². The fraction of sp³-hybridized carbons (Fsp3) is 0.750. The van der Waals surface area contributed by atoms with Crippen molar-refractivity contribution in [3.8, 4) is 0 Å². The molecule has 5 nitrogen and oxygen atoms in total. The Morgan fingerprint density at radius 2 is 2.06 bits per heavy atom. The fourth-order valence-electron chi connectivity index (χ4n) is 2.54. The number of nitrogens with one attached hydrogen (secondary N) is 2. The van der Waals surface area contributed by atoms with Crippen LogP contribution in [-0.4, -0.2) is 25.2 Å². The van der Waals surface area contributed by atoms with Crippen molar-refractivity contribution >= 4 is 10.0 Å². The first kappa shape index (κ1) is 13.5. The van der Waals surface area contributed by atoms with Crippen LogP contribution in [0.5, 0.6) is 0 Å². The van der Waals surface area contributed by atoms with E-state index in [1.54, 1.807) is 6.92 Å². The van der Waals surface area contributed by atoms with Gasteiger partial charge in [0, 0.05) is 6.54 Å². The molecule has 0 aromatic carbocycles. The van der Waals surface area contributed by atoms with Crippen LogP contribution >= 0.6 is 0 Å². The maximum absolute atomic E-state index is 12.1. The summed E-state index contributed by atoms with van der Waals surface area (Å²) in [6.07, 6.45) is 7.22. The molecule has 0 saturated heterocycles. The Balaban J connectivity index is 2.03. The molecule has 1 saturated carbocycles. The van der Waals surface area contributed by atoms with E-state index in [1.165, 1.54) is 25.5 Å². The Hall–Kier alpha value is -0.880. The zero-order chi connectivity index (χ0) is 13.2. The lowest BCUT2D eigenvalue weighted by molar-refractivity contribution is 0.219. The van der Waals surface area contributed by atoms with E-state index >= 15 is 0 Å². The number of hydrogen-bond donors (Lipinski definition) is 2. The van der Waals surface area contributed by atoms with Gasteiger partial charge in [-0.05, 0) is 25.2 Å². The molecule has 0 radical (unpaired) electrons. The van der Waals surface area contributed by atoms with Gasteiger partial charge < -0.3 is 0 Å². The summed E-state index contributed by atoms with van der Waals surface area (Å²) in [5, 5.41) is 6.41. The molecule has 0 bridgehead atoms. The normalized spacial score (nSPS) is 19.9. The van der Waals surface area contributed by atoms with Crippen molar-refractivity contribution in [2.24, 2.45) is 5.41 Å². The average molecular weight is 271 g/mol. The minimum atomic E-state index is -3.43. The predicted molar refractivity (Wildman–Crippen MR) is 69.7 cm³/mol. The van der Waals surface area contributed by atoms with Crippen molar-refractivity contribution in [1.82, 2.24) is 14.9 Å². The molecular weight excluding hydrogens is 250 g/mol. The number of aryl methyl sites for hydroxylation is 1. The minimum absolute atomic E-state index is 0.100. The maximum Gasteiger partial charge on any atom is 0.243 e. The Kier molecular flexibility index (Phi) is 3.77. The topological polar surface area (TPSA) is 74.8 Å². The summed E-state index contributed by atoms with van der Waals surface area (Å²) in [4.78, 5) is 0.252. The van der Waals surface area contributed by atoms with Gasteiger partial charge in [-0.2, -0.15) is 5.10 Å². The van der Waals surface area contributed by atoms with Gasteiger partial charge in [0.05, 0.1) is 11.9 Å². The lowest BCUT2D eigenvalue weighted by Gasteiger charge is -2.33. The molecule has 0 aliphatic heterocycles. The van der Waals surface area contributed by atoms with Crippen LogP contribution in [-0.2, 0) is 10.0 Å². The Bertz CT molecular complexity index is 501. The molecule has 2 N–H and O–H groups in total. The van der Waals surface area contributed by atoms with Crippen molar-refractivity contribution < 1.29 is 8.42 Å². The lowest BCUT2D eigenvalue weighted by atomic mass is 9.76. The summed E-state index contributed by atoms with van der Waals surface area (Å²) in [7, 11) is -3.43. The predicted octanol–water partition coefficient (Wildman–Crippen LogP) is 1.97. The smallest absolute Gasteiger partial charge is 0.243 e. The van der Waals surface area contributed by atoms with Crippen molar-refractivity contribution in [3.05, 3.63) is 11.9 Å². The second-order valence-electron chi connectivity index (χ2n) is 5.56. The molecule has 1 aliphatic rings. The van der Waals surface area contributed by atoms with Crippen LogP contribution in [0.25, 0.3) is 0 Å². The molecule has 1 aromatic heterocycles. The van der Waals surface area contributed by atoms with Gasteiger partial charge in [-0.25, -0.2) is 13.1 Å². The van der Waals surface area contributed by atoms with E-state index in [-0.39, 0.29) is 10.3 Å². The van der Waals surface area contributed by atoms with Crippen LogP contribution in [0.4, 0.5) is 0 Å². The van der Waals surface area contributed by atoms with E-state index in [0.29, 0.717) is 12.2 Å². The van der Waals surface area contributed by atoms with E-state index in [9.17, 15) is 8.42 Å². The van der Waals surface area contributed by atoms with E-state index in [0.717, 1.165) is 12.8 Å². The van der Waals surface area contributed by atoms with Crippen molar-refractivity contribution in [2.45, 2.75) is 50.8 Å². The van der Waals surface area contributed by atoms with Gasteiger partial charge in [0.15, 0.2) is 0 Å². The number of aromatic amines is 1. The number of rotatable bonds is 4. The number of nitrogens with zero attached hydrogens (tertiary/aromatic N) is 1. The zero-order valence-corrected chi connectivity index (χ0v) is 11.8. The maximum atomic E-state index is 12.1. The first-order valence-electron chi connectivity index (χ1n) is 6.43. The fourth-order valence-corrected chi connectivity index (χ4v) is 3.87. The molecule has 0 spiro atoms. The molecule has 6 heteroatoms. The van der Waals surface area contributed by atoms with Gasteiger partial charge in [-0.3, -0.25) is 5.10 Å². The zero-order valence-electron chi connectivity index (χ0n) is 11.0. The van der Waals surface area contributed by atoms with E-state index in [4.69, 9.17) is 0 Å². The molecule has 18 heavy (non-hydrogen) atoms. The van der Waals surface area contributed by atoms with Gasteiger partial charge in [0.25, 0.3) is 0 Å². The Morgan fingerprint density at radius 3 is 2.61 bits per heavy atom. The van der Waals surface area contributed by atoms with Crippen LogP contribution in [0.3, 0.4) is 0 Å². The number of hydrogen-bond acceptors (Lipinski definition) is 3. The second kappa shape index (κ2) is 5.01. The van der Waals surface area contributed by atoms with Crippen LogP contribution in [0, 0.1) is 12.3 Å². The SMILES string of the molecule is Cc1[nH]ncc1S(=O)(=O)NCC1(C)CCCCC1. The third-order valence-corrected chi connectivity index (χ3v) is 5.34. The second-order valence-corrected chi connectivity index (χ2v) is 7.29. The largest absolute Gasteiger partial charge is 0.281 e. The molecule has 1 fully saturated rings. The summed E-state index contributed by atoms with van der Waals surface area (Å²) in [5.74, 6) is 0. The van der Waals surface area contributed by atoms with Crippen LogP contribution < -0.4 is 4.72 Å². The van der Waals surface area contributed by atoms with Gasteiger partial charge >= 0.3 is 0 Å². The number of aromatic nitrogens is 2. The highest BCUT2D eigenvalue weighted by Gasteiger charge is 2.29. The van der Waals surface area contributed by atoms with Crippen molar-refractivity contribution in [3.63, 3.8) is 0 Å². The summed E-state index contributed by atoms with van der Waals surface area (Å²) in [5.41, 5.74) is 0.680. The summed E-state index contributed by atoms with van der Waals surface area (Å²) >= 11 is 0. The summed E-state index contributed by atoms with van der Waals surface area (Å²) in [6, 6.07) is 0. The number of sulfonamides is 1. The standard InChI is InChI=1S/C12H21N3O2S/c1-10-11(8-13-15-10)18(16,17)14-9-12(2)6-4-3-5-7-12/h8,14H,3-7,9H2,1-2H3,(H,13,15). The Morgan fingerprint density at radius 1 is 1.39 bits per heavy atom. The monoisotopic (exact) mass is 271 g/mol. The molecule has 0 unspecified atom stereocenters. The number of H-pyrrole nitrogens is 1. The molecule has 1 heterocycles. The van der Waals surface area contributed by atoms with E-state index in [1.807, 2.05) is 0 Å². The quantitative estimate of drug-likeness (QED) is 0.879. The van der Waals surface area contributed by atoms with Crippen molar-refractivity contribution in [1.29, 1.82) is 0 Å². The molecule has 0 atom stereocenters. The van der Waals surface area contributed by atoms with Gasteiger partial charge in [0.1, 0.15) is 4.90 Å². The molecular formula is C12H21N3O2S. The lowest BCUT2D eigenvalue weighted by Crippen LogP contribution is -2.37. The highest BCUT2D eigenvalue weighted by atomic mass is 32.2. The minimum Gasteiger partial charge on any atom is -0.281 e. The van der Waals surface area contributed by atoms with E-state index in [2.05, 4.69) is 21.8 Å². The van der Waals surface area contributed by atoms with Crippen LogP contribution in [0.1, 0.15) is 44.7 Å². The third-order valence-electron chi connectivity index (χ3n) is 3.82. The van der Waals surface area contributed by atoms with Crippen LogP contribution in [0.2, 0.25) is 0 Å². The van der Waals surface area contributed by atoms with Gasteiger partial charge in [-0.1, -0.05) is 26.2 Å². The molecule has 0 amide bonds. The highest BCUT2D eigenvalue weighted by Crippen LogP contribution is 2.35. The molecule has 1 aromatic rings. The van der Waals surface area contributed by atoms with E-state index < -0.39 is 10.0 Å². The molecule has 1 aliphatic carbocycles. The first-order valence-corrected chi connectivity index (χ1v) is 7.91. The molecule has 2 rings (SSSR count). The van der Waals surface area contributed by atoms with Gasteiger partial charge in [-0.15, -0.1) is 0 Å². The summed E-state index contributed by atoms with van der Waals surface area (Å²) < 4.78 is 27.0. The average Bonchev–Trinajstić information content (AvgIpc) is 2.75. The van der Waals surface area contributed by atoms with Crippen LogP contribution in [0.15, 0.2) is 11.1 Å². The highest BCUT2D eigenvalue weighted by molar-refractivity contribution is 7.89.